The topological polar surface area (TPSA) is 45.7 Å². The Morgan fingerprint density at radius 1 is 1.52 bits per heavy atom. The molecule has 2 N–H and O–H groups in total. The lowest BCUT2D eigenvalue weighted by Gasteiger charge is -2.54. The minimum Gasteiger partial charge on any atom is -0.377 e. The summed E-state index contributed by atoms with van der Waals surface area (Å²) in [6.07, 6.45) is 1.57. The van der Waals surface area contributed by atoms with Gasteiger partial charge in [-0.25, -0.2) is 0 Å². The molecule has 6 heteroatoms. The molecule has 4 nitrogen and oxygen atoms in total. The standard InChI is InChI=1S/C15H23N3OS.HI/c1-15(2)12(11-4-6-19-13(11)15)18-14(16-3)17-8-10-5-7-20-9-10;/h5,7,9,11-13H,4,6,8H2,1-3H3,(H2,16,17,18);1H. The molecular weight excluding hydrogens is 397 g/mol. The van der Waals surface area contributed by atoms with E-state index in [9.17, 15) is 0 Å². The molecule has 1 saturated carbocycles. The second-order valence-corrected chi connectivity index (χ2v) is 7.02. The Kier molecular flexibility index (Phi) is 5.54. The van der Waals surface area contributed by atoms with Crippen LogP contribution in [0.4, 0.5) is 0 Å². The number of hydrogen-bond acceptors (Lipinski definition) is 3. The van der Waals surface area contributed by atoms with E-state index in [1.807, 2.05) is 7.05 Å². The summed E-state index contributed by atoms with van der Waals surface area (Å²) in [5.74, 6) is 1.52. The van der Waals surface area contributed by atoms with Gasteiger partial charge in [-0.1, -0.05) is 13.8 Å². The van der Waals surface area contributed by atoms with Gasteiger partial charge in [0.1, 0.15) is 0 Å². The second-order valence-electron chi connectivity index (χ2n) is 6.24. The number of hydrogen-bond donors (Lipinski definition) is 2. The zero-order valence-corrected chi connectivity index (χ0v) is 15.9. The first-order valence-corrected chi connectivity index (χ1v) is 8.17. The quantitative estimate of drug-likeness (QED) is 0.448. The molecule has 0 amide bonds. The average molecular weight is 421 g/mol. The first kappa shape index (κ1) is 17.0. The van der Waals surface area contributed by atoms with Crippen LogP contribution in [0, 0.1) is 11.3 Å². The third-order valence-corrected chi connectivity index (χ3v) is 5.39. The molecular formula is C15H24IN3OS. The average Bonchev–Trinajstić information content (AvgIpc) is 3.08. The van der Waals surface area contributed by atoms with E-state index in [0.29, 0.717) is 18.1 Å². The fourth-order valence-electron chi connectivity index (χ4n) is 3.54. The molecule has 0 radical (unpaired) electrons. The molecule has 3 atom stereocenters. The molecule has 0 aromatic carbocycles. The lowest BCUT2D eigenvalue weighted by molar-refractivity contribution is -0.106. The van der Waals surface area contributed by atoms with Crippen LogP contribution in [0.15, 0.2) is 21.8 Å². The number of aliphatic imine (C=N–C) groups is 1. The molecule has 118 valence electrons. The third-order valence-electron chi connectivity index (χ3n) is 4.66. The van der Waals surface area contributed by atoms with Gasteiger partial charge in [0.05, 0.1) is 6.10 Å². The predicted octanol–water partition coefficient (Wildman–Crippen LogP) is 2.84. The van der Waals surface area contributed by atoms with Gasteiger partial charge in [-0.2, -0.15) is 11.3 Å². The largest absolute Gasteiger partial charge is 0.377 e. The molecule has 2 heterocycles. The summed E-state index contributed by atoms with van der Waals surface area (Å²) in [6, 6.07) is 2.59. The van der Waals surface area contributed by atoms with Gasteiger partial charge in [-0.15, -0.1) is 24.0 Å². The molecule has 3 rings (SSSR count). The number of guanidine groups is 1. The molecule has 2 fully saturated rings. The van der Waals surface area contributed by atoms with Crippen molar-refractivity contribution in [3.63, 3.8) is 0 Å². The Balaban J connectivity index is 0.00000161. The lowest BCUT2D eigenvalue weighted by Crippen LogP contribution is -2.67. The van der Waals surface area contributed by atoms with Crippen molar-refractivity contribution in [1.29, 1.82) is 0 Å². The van der Waals surface area contributed by atoms with Gasteiger partial charge in [-0.05, 0) is 28.8 Å². The van der Waals surface area contributed by atoms with Crippen LogP contribution in [0.2, 0.25) is 0 Å². The van der Waals surface area contributed by atoms with Crippen LogP contribution < -0.4 is 10.6 Å². The van der Waals surface area contributed by atoms with Crippen molar-refractivity contribution in [1.82, 2.24) is 10.6 Å². The Labute approximate surface area is 147 Å². The lowest BCUT2D eigenvalue weighted by atomic mass is 9.57. The minimum absolute atomic E-state index is 0. The van der Waals surface area contributed by atoms with Gasteiger partial charge in [0.15, 0.2) is 5.96 Å². The molecule has 1 saturated heterocycles. The highest BCUT2D eigenvalue weighted by molar-refractivity contribution is 14.0. The Morgan fingerprint density at radius 3 is 3.00 bits per heavy atom. The van der Waals surface area contributed by atoms with Crippen LogP contribution in [0.1, 0.15) is 25.8 Å². The molecule has 1 aliphatic heterocycles. The molecule has 1 aliphatic carbocycles. The van der Waals surface area contributed by atoms with Crippen LogP contribution in [-0.2, 0) is 11.3 Å². The zero-order chi connectivity index (χ0) is 14.2. The number of thiophene rings is 1. The van der Waals surface area contributed by atoms with Crippen molar-refractivity contribution < 1.29 is 4.74 Å². The van der Waals surface area contributed by atoms with E-state index in [-0.39, 0.29) is 29.4 Å². The summed E-state index contributed by atoms with van der Waals surface area (Å²) in [6.45, 7) is 6.28. The number of ether oxygens (including phenoxy) is 1. The van der Waals surface area contributed by atoms with E-state index in [0.717, 1.165) is 25.5 Å². The van der Waals surface area contributed by atoms with E-state index in [2.05, 4.69) is 46.3 Å². The number of nitrogens with one attached hydrogen (secondary N) is 2. The SMILES string of the molecule is CN=C(NCc1ccsc1)NC1C2CCOC2C1(C)C.I. The molecule has 1 aromatic rings. The smallest absolute Gasteiger partial charge is 0.191 e. The first-order chi connectivity index (χ1) is 9.63. The molecule has 0 spiro atoms. The van der Waals surface area contributed by atoms with Crippen LogP contribution in [0.3, 0.4) is 0 Å². The van der Waals surface area contributed by atoms with Gasteiger partial charge in [0.25, 0.3) is 0 Å². The Morgan fingerprint density at radius 2 is 2.33 bits per heavy atom. The summed E-state index contributed by atoms with van der Waals surface area (Å²) >= 11 is 1.72. The number of fused-ring (bicyclic) bond motifs is 1. The van der Waals surface area contributed by atoms with Gasteiger partial charge in [-0.3, -0.25) is 4.99 Å². The van der Waals surface area contributed by atoms with E-state index >= 15 is 0 Å². The summed E-state index contributed by atoms with van der Waals surface area (Å²) in [5, 5.41) is 11.2. The Hall–Kier alpha value is -0.340. The van der Waals surface area contributed by atoms with Crippen molar-refractivity contribution in [3.05, 3.63) is 22.4 Å². The normalized spacial score (nSPS) is 30.0. The van der Waals surface area contributed by atoms with E-state index in [4.69, 9.17) is 4.74 Å². The number of rotatable bonds is 3. The first-order valence-electron chi connectivity index (χ1n) is 7.23. The van der Waals surface area contributed by atoms with Crippen molar-refractivity contribution in [3.8, 4) is 0 Å². The van der Waals surface area contributed by atoms with Crippen LogP contribution in [0.25, 0.3) is 0 Å². The van der Waals surface area contributed by atoms with E-state index in [1.54, 1.807) is 11.3 Å². The highest BCUT2D eigenvalue weighted by atomic mass is 127. The zero-order valence-electron chi connectivity index (χ0n) is 12.8. The molecule has 1 aromatic heterocycles. The summed E-state index contributed by atoms with van der Waals surface area (Å²) in [7, 11) is 1.83. The van der Waals surface area contributed by atoms with Gasteiger partial charge < -0.3 is 15.4 Å². The molecule has 3 unspecified atom stereocenters. The van der Waals surface area contributed by atoms with Gasteiger partial charge in [0.2, 0.25) is 0 Å². The highest BCUT2D eigenvalue weighted by Crippen LogP contribution is 2.52. The van der Waals surface area contributed by atoms with Crippen LogP contribution in [-0.4, -0.2) is 31.8 Å². The third kappa shape index (κ3) is 3.22. The van der Waals surface area contributed by atoms with E-state index in [1.165, 1.54) is 5.56 Å². The molecule has 0 bridgehead atoms. The maximum atomic E-state index is 5.83. The maximum absolute atomic E-state index is 5.83. The fourth-order valence-corrected chi connectivity index (χ4v) is 4.21. The summed E-state index contributed by atoms with van der Waals surface area (Å²) in [4.78, 5) is 4.35. The van der Waals surface area contributed by atoms with Gasteiger partial charge in [0, 0.05) is 37.6 Å². The van der Waals surface area contributed by atoms with E-state index < -0.39 is 0 Å². The fraction of sp³-hybridized carbons (Fsp3) is 0.667. The Bertz CT molecular complexity index is 489. The number of halogens is 1. The molecule has 2 aliphatic rings. The van der Waals surface area contributed by atoms with Crippen LogP contribution in [0.5, 0.6) is 0 Å². The summed E-state index contributed by atoms with van der Waals surface area (Å²) < 4.78 is 5.83. The minimum atomic E-state index is 0. The summed E-state index contributed by atoms with van der Waals surface area (Å²) in [5.41, 5.74) is 1.48. The van der Waals surface area contributed by atoms with Crippen molar-refractivity contribution >= 4 is 41.3 Å². The van der Waals surface area contributed by atoms with Crippen molar-refractivity contribution in [2.45, 2.75) is 39.0 Å². The maximum Gasteiger partial charge on any atom is 0.191 e. The highest BCUT2D eigenvalue weighted by Gasteiger charge is 2.59. The second kappa shape index (κ2) is 6.83. The van der Waals surface area contributed by atoms with Gasteiger partial charge >= 0.3 is 0 Å². The van der Waals surface area contributed by atoms with Crippen molar-refractivity contribution in [2.24, 2.45) is 16.3 Å². The predicted molar refractivity (Wildman–Crippen MR) is 98.5 cm³/mol. The number of nitrogens with zero attached hydrogens (tertiary/aromatic N) is 1. The molecule has 21 heavy (non-hydrogen) atoms. The van der Waals surface area contributed by atoms with Crippen molar-refractivity contribution in [2.75, 3.05) is 13.7 Å². The monoisotopic (exact) mass is 421 g/mol. The van der Waals surface area contributed by atoms with Crippen LogP contribution >= 0.6 is 35.3 Å².